The van der Waals surface area contributed by atoms with E-state index in [2.05, 4.69) is 4.98 Å². The molecule has 5 nitrogen and oxygen atoms in total. The second kappa shape index (κ2) is 3.86. The minimum Gasteiger partial charge on any atom is -0.504 e. The Hall–Kier alpha value is -2.43. The minimum atomic E-state index is -0.339. The van der Waals surface area contributed by atoms with Crippen LogP contribution in [0.4, 0.5) is 5.69 Å². The summed E-state index contributed by atoms with van der Waals surface area (Å²) >= 11 is 0. The van der Waals surface area contributed by atoms with Crippen LogP contribution in [0, 0.1) is 6.92 Å². The van der Waals surface area contributed by atoms with Crippen molar-refractivity contribution in [2.45, 2.75) is 6.92 Å². The first-order chi connectivity index (χ1) is 7.99. The highest BCUT2D eigenvalue weighted by atomic mass is 16.3. The molecule has 0 radical (unpaired) electrons. The van der Waals surface area contributed by atoms with Gasteiger partial charge in [-0.3, -0.25) is 4.79 Å². The van der Waals surface area contributed by atoms with Gasteiger partial charge in [0.1, 0.15) is 0 Å². The highest BCUT2D eigenvalue weighted by Gasteiger charge is 2.08. The van der Waals surface area contributed by atoms with Crippen LogP contribution in [0.1, 0.15) is 5.69 Å². The van der Waals surface area contributed by atoms with Crippen molar-refractivity contribution in [3.8, 4) is 22.6 Å². The van der Waals surface area contributed by atoms with E-state index in [-0.39, 0.29) is 22.7 Å². The van der Waals surface area contributed by atoms with Gasteiger partial charge >= 0.3 is 0 Å². The number of anilines is 1. The molecule has 0 bridgehead atoms. The molecule has 1 heterocycles. The molecule has 0 aliphatic carbocycles. The van der Waals surface area contributed by atoms with Gasteiger partial charge in [-0.2, -0.15) is 0 Å². The van der Waals surface area contributed by atoms with Gasteiger partial charge < -0.3 is 20.9 Å². The SMILES string of the molecule is Cc1[nH]c(=O)c(N)cc1-c1ccc(O)c(O)c1. The standard InChI is InChI=1S/C12H12N2O3/c1-6-8(5-9(13)12(17)14-6)7-2-3-10(15)11(16)4-7/h2-5,15-16H,13H2,1H3,(H,14,17). The number of phenolic OH excluding ortho intramolecular Hbond substituents is 2. The Morgan fingerprint density at radius 1 is 1.18 bits per heavy atom. The van der Waals surface area contributed by atoms with E-state index in [1.54, 1.807) is 19.1 Å². The van der Waals surface area contributed by atoms with Crippen LogP contribution in [0.3, 0.4) is 0 Å². The Labute approximate surface area is 97.2 Å². The molecule has 5 heteroatoms. The molecule has 1 aromatic carbocycles. The summed E-state index contributed by atoms with van der Waals surface area (Å²) in [6.07, 6.45) is 0. The first kappa shape index (κ1) is 11.1. The van der Waals surface area contributed by atoms with Gasteiger partial charge in [0.15, 0.2) is 11.5 Å². The number of aromatic hydroxyl groups is 2. The van der Waals surface area contributed by atoms with Crippen LogP contribution in [-0.2, 0) is 0 Å². The van der Waals surface area contributed by atoms with E-state index in [1.807, 2.05) is 0 Å². The van der Waals surface area contributed by atoms with Crippen LogP contribution in [0.15, 0.2) is 29.1 Å². The Morgan fingerprint density at radius 3 is 2.53 bits per heavy atom. The minimum absolute atomic E-state index is 0.109. The highest BCUT2D eigenvalue weighted by molar-refractivity contribution is 5.71. The fourth-order valence-electron chi connectivity index (χ4n) is 1.63. The van der Waals surface area contributed by atoms with Crippen molar-refractivity contribution < 1.29 is 10.2 Å². The maximum Gasteiger partial charge on any atom is 0.271 e. The van der Waals surface area contributed by atoms with Crippen LogP contribution in [0.2, 0.25) is 0 Å². The van der Waals surface area contributed by atoms with Crippen LogP contribution >= 0.6 is 0 Å². The van der Waals surface area contributed by atoms with Crippen molar-refractivity contribution in [2.75, 3.05) is 5.73 Å². The number of nitrogens with two attached hydrogens (primary N) is 1. The predicted molar refractivity (Wildman–Crippen MR) is 65.0 cm³/mol. The lowest BCUT2D eigenvalue weighted by atomic mass is 10.0. The summed E-state index contributed by atoms with van der Waals surface area (Å²) in [5.74, 6) is -0.407. The van der Waals surface area contributed by atoms with Gasteiger partial charge in [0.25, 0.3) is 5.56 Å². The van der Waals surface area contributed by atoms with Gasteiger partial charge in [0.2, 0.25) is 0 Å². The molecule has 0 aliphatic heterocycles. The largest absolute Gasteiger partial charge is 0.504 e. The van der Waals surface area contributed by atoms with E-state index >= 15 is 0 Å². The number of benzene rings is 1. The zero-order valence-electron chi connectivity index (χ0n) is 9.19. The van der Waals surface area contributed by atoms with Gasteiger partial charge in [-0.15, -0.1) is 0 Å². The van der Waals surface area contributed by atoms with Gasteiger partial charge in [-0.25, -0.2) is 0 Å². The quantitative estimate of drug-likeness (QED) is 0.557. The number of H-pyrrole nitrogens is 1. The number of rotatable bonds is 1. The predicted octanol–water partition coefficient (Wildman–Crippen LogP) is 1.34. The maximum atomic E-state index is 11.3. The average molecular weight is 232 g/mol. The van der Waals surface area contributed by atoms with Gasteiger partial charge in [0.05, 0.1) is 5.69 Å². The third kappa shape index (κ3) is 1.94. The van der Waals surface area contributed by atoms with Crippen molar-refractivity contribution in [2.24, 2.45) is 0 Å². The molecule has 0 atom stereocenters. The molecule has 0 fully saturated rings. The molecule has 2 rings (SSSR count). The molecule has 5 N–H and O–H groups in total. The number of pyridine rings is 1. The Balaban J connectivity index is 2.64. The first-order valence-corrected chi connectivity index (χ1v) is 5.01. The molecule has 0 spiro atoms. The second-order valence-electron chi connectivity index (χ2n) is 3.80. The van der Waals surface area contributed by atoms with Crippen LogP contribution < -0.4 is 11.3 Å². The van der Waals surface area contributed by atoms with Gasteiger partial charge in [-0.05, 0) is 30.7 Å². The van der Waals surface area contributed by atoms with Crippen LogP contribution in [0.5, 0.6) is 11.5 Å². The molecule has 17 heavy (non-hydrogen) atoms. The number of aromatic amines is 1. The molecule has 1 aromatic heterocycles. The third-order valence-corrected chi connectivity index (χ3v) is 2.55. The zero-order valence-corrected chi connectivity index (χ0v) is 9.19. The highest BCUT2D eigenvalue weighted by Crippen LogP contribution is 2.31. The number of hydrogen-bond donors (Lipinski definition) is 4. The number of hydrogen-bond acceptors (Lipinski definition) is 4. The lowest BCUT2D eigenvalue weighted by Gasteiger charge is -2.08. The monoisotopic (exact) mass is 232 g/mol. The van der Waals surface area contributed by atoms with E-state index in [9.17, 15) is 15.0 Å². The maximum absolute atomic E-state index is 11.3. The number of aromatic nitrogens is 1. The van der Waals surface area contributed by atoms with Crippen molar-refractivity contribution in [1.29, 1.82) is 0 Å². The molecule has 0 unspecified atom stereocenters. The van der Waals surface area contributed by atoms with Gasteiger partial charge in [-0.1, -0.05) is 6.07 Å². The summed E-state index contributed by atoms with van der Waals surface area (Å²) in [5, 5.41) is 18.6. The molecule has 0 aliphatic rings. The molecule has 88 valence electrons. The Bertz CT molecular complexity index is 632. The zero-order chi connectivity index (χ0) is 12.6. The van der Waals surface area contributed by atoms with Crippen molar-refractivity contribution in [1.82, 2.24) is 4.98 Å². The molecular weight excluding hydrogens is 220 g/mol. The average Bonchev–Trinajstić information content (AvgIpc) is 2.27. The van der Waals surface area contributed by atoms with E-state index in [0.29, 0.717) is 16.8 Å². The number of phenols is 2. The van der Waals surface area contributed by atoms with Crippen LogP contribution in [0.25, 0.3) is 11.1 Å². The Morgan fingerprint density at radius 2 is 1.88 bits per heavy atom. The first-order valence-electron chi connectivity index (χ1n) is 5.01. The summed E-state index contributed by atoms with van der Waals surface area (Å²) in [5.41, 5.74) is 7.33. The van der Waals surface area contributed by atoms with Crippen molar-refractivity contribution in [3.05, 3.63) is 40.3 Å². The number of aryl methyl sites for hydroxylation is 1. The normalized spacial score (nSPS) is 10.4. The topological polar surface area (TPSA) is 99.3 Å². The molecule has 0 saturated heterocycles. The van der Waals surface area contributed by atoms with Crippen molar-refractivity contribution >= 4 is 5.69 Å². The van der Waals surface area contributed by atoms with E-state index in [0.717, 1.165) is 0 Å². The van der Waals surface area contributed by atoms with E-state index in [4.69, 9.17) is 5.73 Å². The van der Waals surface area contributed by atoms with Crippen molar-refractivity contribution in [3.63, 3.8) is 0 Å². The fourth-order valence-corrected chi connectivity index (χ4v) is 1.63. The second-order valence-corrected chi connectivity index (χ2v) is 3.80. The Kier molecular flexibility index (Phi) is 2.51. The summed E-state index contributed by atoms with van der Waals surface area (Å²) in [7, 11) is 0. The van der Waals surface area contributed by atoms with E-state index < -0.39 is 0 Å². The number of nitrogens with one attached hydrogen (secondary N) is 1. The lowest BCUT2D eigenvalue weighted by Crippen LogP contribution is -2.13. The fraction of sp³-hybridized carbons (Fsp3) is 0.0833. The summed E-state index contributed by atoms with van der Waals surface area (Å²) < 4.78 is 0. The lowest BCUT2D eigenvalue weighted by molar-refractivity contribution is 0.404. The van der Waals surface area contributed by atoms with E-state index in [1.165, 1.54) is 12.1 Å². The molecule has 0 saturated carbocycles. The third-order valence-electron chi connectivity index (χ3n) is 2.55. The molecule has 0 amide bonds. The van der Waals surface area contributed by atoms with Gasteiger partial charge in [0, 0.05) is 11.3 Å². The molecular formula is C12H12N2O3. The van der Waals surface area contributed by atoms with Crippen LogP contribution in [-0.4, -0.2) is 15.2 Å². The summed E-state index contributed by atoms with van der Waals surface area (Å²) in [4.78, 5) is 13.9. The summed E-state index contributed by atoms with van der Waals surface area (Å²) in [6, 6.07) is 5.97. The smallest absolute Gasteiger partial charge is 0.271 e. The summed E-state index contributed by atoms with van der Waals surface area (Å²) in [6.45, 7) is 1.74. The molecule has 2 aromatic rings. The number of nitrogen functional groups attached to an aromatic ring is 1.